The first-order valence-electron chi connectivity index (χ1n) is 7.21. The van der Waals surface area contributed by atoms with E-state index in [-0.39, 0.29) is 0 Å². The molecule has 0 aromatic heterocycles. The monoisotopic (exact) mass is 318 g/mol. The molecular weight excluding hydrogens is 296 g/mol. The van der Waals surface area contributed by atoms with E-state index < -0.39 is 10.0 Å². The van der Waals surface area contributed by atoms with Crippen molar-refractivity contribution in [3.63, 3.8) is 0 Å². The summed E-state index contributed by atoms with van der Waals surface area (Å²) in [5.41, 5.74) is 7.71. The highest BCUT2D eigenvalue weighted by Gasteiger charge is 2.22. The largest absolute Gasteiger partial charge is 0.398 e. The number of nitrogens with two attached hydrogens (primary N) is 1. The smallest absolute Gasteiger partial charge is 0.243 e. The molecule has 2 aromatic rings. The molecule has 2 rings (SSSR count). The number of rotatable bonds is 5. The van der Waals surface area contributed by atoms with E-state index in [0.717, 1.165) is 5.39 Å². The zero-order valence-electron chi connectivity index (χ0n) is 13.2. The highest BCUT2D eigenvalue weighted by molar-refractivity contribution is 7.89. The summed E-state index contributed by atoms with van der Waals surface area (Å²) in [5.74, 6) is 0. The molecule has 0 amide bonds. The molecule has 0 spiro atoms. The second kappa shape index (κ2) is 6.50. The molecule has 0 unspecified atom stereocenters. The maximum Gasteiger partial charge on any atom is 0.243 e. The number of allylic oxidation sites excluding steroid dienone is 1. The second-order valence-corrected chi connectivity index (χ2v) is 7.61. The lowest BCUT2D eigenvalue weighted by molar-refractivity contribution is 0.475. The molecule has 118 valence electrons. The molecule has 4 nitrogen and oxygen atoms in total. The van der Waals surface area contributed by atoms with Crippen molar-refractivity contribution in [2.24, 2.45) is 0 Å². The third-order valence-electron chi connectivity index (χ3n) is 3.60. The van der Waals surface area contributed by atoms with Crippen molar-refractivity contribution in [1.29, 1.82) is 0 Å². The predicted octanol–water partition coefficient (Wildman–Crippen LogP) is 3.40. The van der Waals surface area contributed by atoms with Gasteiger partial charge in [0.15, 0.2) is 0 Å². The highest BCUT2D eigenvalue weighted by atomic mass is 32.2. The fourth-order valence-corrected chi connectivity index (χ4v) is 3.74. The number of hydrogen-bond donors (Lipinski definition) is 1. The Morgan fingerprint density at radius 2 is 1.77 bits per heavy atom. The average molecular weight is 318 g/mol. The molecule has 0 radical (unpaired) electrons. The predicted molar refractivity (Wildman–Crippen MR) is 92.2 cm³/mol. The van der Waals surface area contributed by atoms with Crippen LogP contribution in [0.25, 0.3) is 10.8 Å². The number of anilines is 1. The van der Waals surface area contributed by atoms with E-state index in [1.54, 1.807) is 37.4 Å². The summed E-state index contributed by atoms with van der Waals surface area (Å²) in [6.45, 7) is 4.45. The molecule has 22 heavy (non-hydrogen) atoms. The molecule has 0 saturated carbocycles. The zero-order chi connectivity index (χ0) is 16.3. The van der Waals surface area contributed by atoms with Crippen LogP contribution in [0.3, 0.4) is 0 Å². The lowest BCUT2D eigenvalue weighted by atomic mass is 10.1. The van der Waals surface area contributed by atoms with Gasteiger partial charge in [0.2, 0.25) is 10.0 Å². The first-order chi connectivity index (χ1) is 10.3. The van der Waals surface area contributed by atoms with Crippen molar-refractivity contribution in [2.75, 3.05) is 19.3 Å². The Balaban J connectivity index is 2.42. The molecule has 0 atom stereocenters. The van der Waals surface area contributed by atoms with E-state index in [4.69, 9.17) is 5.73 Å². The number of hydrogen-bond acceptors (Lipinski definition) is 3. The van der Waals surface area contributed by atoms with Crippen LogP contribution in [0.2, 0.25) is 0 Å². The van der Waals surface area contributed by atoms with Crippen LogP contribution in [0, 0.1) is 0 Å². The maximum atomic E-state index is 12.8. The third kappa shape index (κ3) is 3.31. The van der Waals surface area contributed by atoms with E-state index in [9.17, 15) is 8.42 Å². The third-order valence-corrected chi connectivity index (χ3v) is 5.52. The number of benzene rings is 2. The summed E-state index contributed by atoms with van der Waals surface area (Å²) in [4.78, 5) is 0.303. The average Bonchev–Trinajstić information content (AvgIpc) is 2.46. The molecule has 0 saturated heterocycles. The van der Waals surface area contributed by atoms with Crippen LogP contribution in [0.1, 0.15) is 20.3 Å². The Bertz CT molecular complexity index is 807. The minimum absolute atomic E-state index is 0.303. The molecule has 2 N–H and O–H groups in total. The minimum Gasteiger partial charge on any atom is -0.398 e. The fourth-order valence-electron chi connectivity index (χ4n) is 2.35. The van der Waals surface area contributed by atoms with Crippen molar-refractivity contribution in [1.82, 2.24) is 4.31 Å². The molecule has 0 aliphatic heterocycles. The van der Waals surface area contributed by atoms with Crippen LogP contribution in [0.15, 0.2) is 52.9 Å². The molecular formula is C17H22N2O2S. The molecule has 0 aliphatic rings. The molecule has 5 heteroatoms. The van der Waals surface area contributed by atoms with Crippen LogP contribution in [0.4, 0.5) is 5.69 Å². The number of nitrogens with zero attached hydrogens (tertiary/aromatic N) is 1. The molecule has 0 heterocycles. The molecule has 0 bridgehead atoms. The van der Waals surface area contributed by atoms with Gasteiger partial charge in [-0.15, -0.1) is 0 Å². The number of fused-ring (bicyclic) bond motifs is 1. The Kier molecular flexibility index (Phi) is 4.88. The molecule has 0 fully saturated rings. The van der Waals surface area contributed by atoms with Crippen LogP contribution in [-0.4, -0.2) is 26.3 Å². The summed E-state index contributed by atoms with van der Waals surface area (Å²) >= 11 is 0. The van der Waals surface area contributed by atoms with Gasteiger partial charge in [-0.25, -0.2) is 12.7 Å². The van der Waals surface area contributed by atoms with Gasteiger partial charge in [-0.2, -0.15) is 0 Å². The molecule has 2 aromatic carbocycles. The van der Waals surface area contributed by atoms with Crippen molar-refractivity contribution in [3.8, 4) is 0 Å². The Labute approximate surface area is 132 Å². The maximum absolute atomic E-state index is 12.8. The van der Waals surface area contributed by atoms with Gasteiger partial charge in [-0.1, -0.05) is 35.9 Å². The Morgan fingerprint density at radius 3 is 2.45 bits per heavy atom. The highest BCUT2D eigenvalue weighted by Crippen LogP contribution is 2.28. The fraction of sp³-hybridized carbons (Fsp3) is 0.294. The Hall–Kier alpha value is -1.85. The normalized spacial score (nSPS) is 11.8. The van der Waals surface area contributed by atoms with Crippen molar-refractivity contribution < 1.29 is 8.42 Å². The minimum atomic E-state index is -3.53. The van der Waals surface area contributed by atoms with E-state index in [1.807, 2.05) is 26.0 Å². The van der Waals surface area contributed by atoms with Crippen LogP contribution >= 0.6 is 0 Å². The van der Waals surface area contributed by atoms with Crippen LogP contribution in [-0.2, 0) is 10.0 Å². The SMILES string of the molecule is CC(C)=CCCN(C)S(=O)(=O)c1cccc2c(N)cccc12. The van der Waals surface area contributed by atoms with Gasteiger partial charge in [0.25, 0.3) is 0 Å². The van der Waals surface area contributed by atoms with Gasteiger partial charge >= 0.3 is 0 Å². The lowest BCUT2D eigenvalue weighted by Gasteiger charge is -2.18. The molecule has 0 aliphatic carbocycles. The lowest BCUT2D eigenvalue weighted by Crippen LogP contribution is -2.28. The van der Waals surface area contributed by atoms with Crippen molar-refractivity contribution in [3.05, 3.63) is 48.0 Å². The van der Waals surface area contributed by atoms with Gasteiger partial charge in [0, 0.05) is 30.1 Å². The summed E-state index contributed by atoms with van der Waals surface area (Å²) in [6, 6.07) is 10.6. The summed E-state index contributed by atoms with van der Waals surface area (Å²) in [6.07, 6.45) is 2.73. The van der Waals surface area contributed by atoms with Gasteiger partial charge in [0.1, 0.15) is 0 Å². The number of nitrogen functional groups attached to an aromatic ring is 1. The van der Waals surface area contributed by atoms with Crippen molar-refractivity contribution >= 4 is 26.5 Å². The van der Waals surface area contributed by atoms with E-state index in [2.05, 4.69) is 0 Å². The van der Waals surface area contributed by atoms with Crippen molar-refractivity contribution in [2.45, 2.75) is 25.2 Å². The van der Waals surface area contributed by atoms with Gasteiger partial charge in [-0.3, -0.25) is 0 Å². The summed E-state index contributed by atoms with van der Waals surface area (Å²) in [7, 11) is -1.92. The quantitative estimate of drug-likeness (QED) is 0.679. The topological polar surface area (TPSA) is 63.4 Å². The van der Waals surface area contributed by atoms with Gasteiger partial charge in [-0.05, 0) is 32.4 Å². The summed E-state index contributed by atoms with van der Waals surface area (Å²) < 4.78 is 27.0. The summed E-state index contributed by atoms with van der Waals surface area (Å²) in [5, 5.41) is 1.43. The van der Waals surface area contributed by atoms with E-state index in [0.29, 0.717) is 28.9 Å². The van der Waals surface area contributed by atoms with Gasteiger partial charge in [0.05, 0.1) is 4.90 Å². The van der Waals surface area contributed by atoms with E-state index >= 15 is 0 Å². The zero-order valence-corrected chi connectivity index (χ0v) is 14.0. The Morgan fingerprint density at radius 1 is 1.14 bits per heavy atom. The first kappa shape index (κ1) is 16.5. The first-order valence-corrected chi connectivity index (χ1v) is 8.65. The van der Waals surface area contributed by atoms with Crippen LogP contribution in [0.5, 0.6) is 0 Å². The number of sulfonamides is 1. The second-order valence-electron chi connectivity index (χ2n) is 5.60. The van der Waals surface area contributed by atoms with Crippen LogP contribution < -0.4 is 5.73 Å². The van der Waals surface area contributed by atoms with E-state index in [1.165, 1.54) is 9.88 Å². The van der Waals surface area contributed by atoms with Gasteiger partial charge < -0.3 is 5.73 Å². The standard InChI is InChI=1S/C17H22N2O2S/c1-13(2)7-6-12-19(3)22(20,21)17-11-5-8-14-15(17)9-4-10-16(14)18/h4-5,7-11H,6,12,18H2,1-3H3.